The lowest BCUT2D eigenvalue weighted by Crippen LogP contribution is -2.57. The molecule has 0 aromatic carbocycles. The lowest BCUT2D eigenvalue weighted by Gasteiger charge is -2.42. The molecule has 2 N–H and O–H groups in total. The molecule has 4 unspecified atom stereocenters. The van der Waals surface area contributed by atoms with Crippen molar-refractivity contribution >= 4 is 5.91 Å². The Bertz CT molecular complexity index is 308. The van der Waals surface area contributed by atoms with Crippen LogP contribution in [-0.4, -0.2) is 42.1 Å². The van der Waals surface area contributed by atoms with Gasteiger partial charge in [0.25, 0.3) is 0 Å². The Morgan fingerprint density at radius 1 is 1.47 bits per heavy atom. The topological polar surface area (TPSA) is 55.6 Å². The molecule has 0 radical (unpaired) electrons. The number of nitrogens with zero attached hydrogens (tertiary/aromatic N) is 1. The highest BCUT2D eigenvalue weighted by atomic mass is 16.5. The summed E-state index contributed by atoms with van der Waals surface area (Å²) in [6.07, 6.45) is 3.09. The van der Waals surface area contributed by atoms with Crippen LogP contribution in [0.2, 0.25) is 0 Å². The lowest BCUT2D eigenvalue weighted by molar-refractivity contribution is -0.153. The monoisotopic (exact) mass is 240 g/mol. The maximum atomic E-state index is 12.7. The standard InChI is InChI=1S/C13H24N2O2/c1-9-8-17-10(2)7-15(9)12(16)13(3)6-4-5-11(13)14/h9-11H,4-8,14H2,1-3H3. The molecule has 4 atom stereocenters. The summed E-state index contributed by atoms with van der Waals surface area (Å²) >= 11 is 0. The molecule has 0 aromatic heterocycles. The fourth-order valence-corrected chi connectivity index (χ4v) is 2.97. The summed E-state index contributed by atoms with van der Waals surface area (Å²) < 4.78 is 5.57. The number of ether oxygens (including phenoxy) is 1. The molecule has 1 aliphatic heterocycles. The highest BCUT2D eigenvalue weighted by Crippen LogP contribution is 2.39. The van der Waals surface area contributed by atoms with Gasteiger partial charge in [-0.1, -0.05) is 6.42 Å². The minimum Gasteiger partial charge on any atom is -0.375 e. The summed E-state index contributed by atoms with van der Waals surface area (Å²) in [6.45, 7) is 7.43. The number of carbonyl (C=O) groups excluding carboxylic acids is 1. The van der Waals surface area contributed by atoms with E-state index in [1.54, 1.807) is 0 Å². The summed E-state index contributed by atoms with van der Waals surface area (Å²) in [6, 6.07) is 0.184. The Morgan fingerprint density at radius 2 is 2.18 bits per heavy atom. The first kappa shape index (κ1) is 12.8. The van der Waals surface area contributed by atoms with E-state index < -0.39 is 0 Å². The maximum absolute atomic E-state index is 12.7. The largest absolute Gasteiger partial charge is 0.375 e. The van der Waals surface area contributed by atoms with Crippen LogP contribution in [0, 0.1) is 5.41 Å². The Morgan fingerprint density at radius 3 is 2.76 bits per heavy atom. The van der Waals surface area contributed by atoms with Crippen LogP contribution < -0.4 is 5.73 Å². The molecule has 2 aliphatic rings. The summed E-state index contributed by atoms with van der Waals surface area (Å²) in [7, 11) is 0. The van der Waals surface area contributed by atoms with Crippen molar-refractivity contribution in [3.8, 4) is 0 Å². The zero-order valence-electron chi connectivity index (χ0n) is 11.1. The number of nitrogens with two attached hydrogens (primary N) is 1. The third kappa shape index (κ3) is 2.20. The van der Waals surface area contributed by atoms with Crippen LogP contribution in [0.4, 0.5) is 0 Å². The number of carbonyl (C=O) groups is 1. The van der Waals surface area contributed by atoms with Gasteiger partial charge in [0.15, 0.2) is 0 Å². The van der Waals surface area contributed by atoms with Gasteiger partial charge < -0.3 is 15.4 Å². The normalized spacial score (nSPS) is 42.8. The van der Waals surface area contributed by atoms with Crippen LogP contribution in [0.1, 0.15) is 40.0 Å². The van der Waals surface area contributed by atoms with Crippen molar-refractivity contribution in [3.63, 3.8) is 0 Å². The van der Waals surface area contributed by atoms with E-state index in [0.717, 1.165) is 19.3 Å². The van der Waals surface area contributed by atoms with Crippen LogP contribution in [0.25, 0.3) is 0 Å². The van der Waals surface area contributed by atoms with E-state index in [9.17, 15) is 4.79 Å². The second-order valence-electron chi connectivity index (χ2n) is 5.87. The fourth-order valence-electron chi connectivity index (χ4n) is 2.97. The van der Waals surface area contributed by atoms with Crippen molar-refractivity contribution in [1.82, 2.24) is 4.90 Å². The molecule has 0 spiro atoms. The molecule has 1 amide bonds. The summed E-state index contributed by atoms with van der Waals surface area (Å²) in [5.41, 5.74) is 5.77. The van der Waals surface area contributed by atoms with Gasteiger partial charge in [0.05, 0.1) is 24.2 Å². The van der Waals surface area contributed by atoms with Crippen LogP contribution in [-0.2, 0) is 9.53 Å². The highest BCUT2D eigenvalue weighted by Gasteiger charge is 2.46. The predicted molar refractivity (Wildman–Crippen MR) is 66.5 cm³/mol. The summed E-state index contributed by atoms with van der Waals surface area (Å²) in [5.74, 6) is 0.227. The van der Waals surface area contributed by atoms with Crippen molar-refractivity contribution in [2.45, 2.75) is 58.2 Å². The molecule has 17 heavy (non-hydrogen) atoms. The zero-order chi connectivity index (χ0) is 12.6. The first-order chi connectivity index (χ1) is 7.95. The summed E-state index contributed by atoms with van der Waals surface area (Å²) in [5, 5.41) is 0. The minimum absolute atomic E-state index is 0.0142. The molecular formula is C13H24N2O2. The number of amides is 1. The van der Waals surface area contributed by atoms with Crippen molar-refractivity contribution in [2.24, 2.45) is 11.1 Å². The molecule has 2 fully saturated rings. The van der Waals surface area contributed by atoms with E-state index >= 15 is 0 Å². The molecule has 1 heterocycles. The Labute approximate surface area is 103 Å². The molecule has 1 aliphatic carbocycles. The third-order valence-electron chi connectivity index (χ3n) is 4.39. The van der Waals surface area contributed by atoms with Gasteiger partial charge >= 0.3 is 0 Å². The molecule has 4 heteroatoms. The van der Waals surface area contributed by atoms with Crippen LogP contribution in [0.3, 0.4) is 0 Å². The van der Waals surface area contributed by atoms with E-state index in [0.29, 0.717) is 13.2 Å². The van der Waals surface area contributed by atoms with Gasteiger partial charge in [0, 0.05) is 12.6 Å². The third-order valence-corrected chi connectivity index (χ3v) is 4.39. The quantitative estimate of drug-likeness (QED) is 0.748. The molecular weight excluding hydrogens is 216 g/mol. The molecule has 1 saturated heterocycles. The van der Waals surface area contributed by atoms with Crippen molar-refractivity contribution < 1.29 is 9.53 Å². The lowest BCUT2D eigenvalue weighted by atomic mass is 9.83. The first-order valence-corrected chi connectivity index (χ1v) is 6.63. The van der Waals surface area contributed by atoms with E-state index in [-0.39, 0.29) is 29.5 Å². The second kappa shape index (κ2) is 4.58. The zero-order valence-corrected chi connectivity index (χ0v) is 11.1. The van der Waals surface area contributed by atoms with E-state index in [1.165, 1.54) is 0 Å². The van der Waals surface area contributed by atoms with Crippen molar-refractivity contribution in [3.05, 3.63) is 0 Å². The van der Waals surface area contributed by atoms with Gasteiger partial charge in [-0.15, -0.1) is 0 Å². The van der Waals surface area contributed by atoms with E-state index in [1.807, 2.05) is 25.7 Å². The maximum Gasteiger partial charge on any atom is 0.230 e. The van der Waals surface area contributed by atoms with Gasteiger partial charge in [-0.3, -0.25) is 4.79 Å². The van der Waals surface area contributed by atoms with Crippen LogP contribution in [0.5, 0.6) is 0 Å². The van der Waals surface area contributed by atoms with Crippen molar-refractivity contribution in [1.29, 1.82) is 0 Å². The number of hydrogen-bond acceptors (Lipinski definition) is 3. The van der Waals surface area contributed by atoms with E-state index in [2.05, 4.69) is 0 Å². The van der Waals surface area contributed by atoms with Gasteiger partial charge in [0.2, 0.25) is 5.91 Å². The molecule has 1 saturated carbocycles. The molecule has 0 aromatic rings. The smallest absolute Gasteiger partial charge is 0.230 e. The first-order valence-electron chi connectivity index (χ1n) is 6.63. The van der Waals surface area contributed by atoms with Gasteiger partial charge in [0.1, 0.15) is 0 Å². The molecule has 2 rings (SSSR count). The van der Waals surface area contributed by atoms with Gasteiger partial charge in [-0.25, -0.2) is 0 Å². The average molecular weight is 240 g/mol. The highest BCUT2D eigenvalue weighted by molar-refractivity contribution is 5.84. The number of rotatable bonds is 1. The van der Waals surface area contributed by atoms with Gasteiger partial charge in [-0.2, -0.15) is 0 Å². The SMILES string of the molecule is CC1CN(C(=O)C2(C)CCCC2N)C(C)CO1. The molecule has 98 valence electrons. The number of hydrogen-bond donors (Lipinski definition) is 1. The second-order valence-corrected chi connectivity index (χ2v) is 5.87. The fraction of sp³-hybridized carbons (Fsp3) is 0.923. The molecule has 0 bridgehead atoms. The Balaban J connectivity index is 2.13. The van der Waals surface area contributed by atoms with Crippen LogP contribution in [0.15, 0.2) is 0 Å². The van der Waals surface area contributed by atoms with Gasteiger partial charge in [-0.05, 0) is 33.6 Å². The summed E-state index contributed by atoms with van der Waals surface area (Å²) in [4.78, 5) is 14.7. The molecule has 4 nitrogen and oxygen atoms in total. The average Bonchev–Trinajstić information content (AvgIpc) is 2.63. The predicted octanol–water partition coefficient (Wildman–Crippen LogP) is 1.14. The minimum atomic E-state index is -0.356. The Kier molecular flexibility index (Phi) is 3.46. The number of morpholine rings is 1. The van der Waals surface area contributed by atoms with E-state index in [4.69, 9.17) is 10.5 Å². The van der Waals surface area contributed by atoms with Crippen LogP contribution >= 0.6 is 0 Å². The van der Waals surface area contributed by atoms with Crippen molar-refractivity contribution in [2.75, 3.05) is 13.2 Å². The Hall–Kier alpha value is -0.610.